The van der Waals surface area contributed by atoms with E-state index >= 15 is 0 Å². The molecule has 0 aliphatic carbocycles. The molecule has 0 radical (unpaired) electrons. The van der Waals surface area contributed by atoms with Gasteiger partial charge >= 0.3 is 0 Å². The van der Waals surface area contributed by atoms with Crippen molar-refractivity contribution in [2.24, 2.45) is 4.99 Å². The van der Waals surface area contributed by atoms with Crippen molar-refractivity contribution < 1.29 is 14.3 Å². The summed E-state index contributed by atoms with van der Waals surface area (Å²) in [6, 6.07) is 6.14. The molecule has 0 bridgehead atoms. The van der Waals surface area contributed by atoms with E-state index in [2.05, 4.69) is 47.1 Å². The Balaban J connectivity index is 1.21. The van der Waals surface area contributed by atoms with Crippen molar-refractivity contribution >= 4 is 41.4 Å². The molecule has 37 heavy (non-hydrogen) atoms. The van der Waals surface area contributed by atoms with Crippen LogP contribution in [0, 0.1) is 6.92 Å². The van der Waals surface area contributed by atoms with Gasteiger partial charge in [0.2, 0.25) is 0 Å². The zero-order chi connectivity index (χ0) is 26.1. The van der Waals surface area contributed by atoms with Gasteiger partial charge in [-0.2, -0.15) is 0 Å². The van der Waals surface area contributed by atoms with Crippen LogP contribution in [0.2, 0.25) is 0 Å². The highest BCUT2D eigenvalue weighted by Gasteiger charge is 2.45. The van der Waals surface area contributed by atoms with Crippen LogP contribution in [0.4, 0.5) is 5.69 Å². The van der Waals surface area contributed by atoms with Crippen molar-refractivity contribution in [1.29, 1.82) is 0 Å². The van der Waals surface area contributed by atoms with Crippen molar-refractivity contribution in [1.82, 2.24) is 9.62 Å². The molecule has 0 unspecified atom stereocenters. The van der Waals surface area contributed by atoms with Crippen LogP contribution in [0.1, 0.15) is 82.3 Å². The first-order valence-electron chi connectivity index (χ1n) is 14.0. The van der Waals surface area contributed by atoms with Crippen molar-refractivity contribution in [2.75, 3.05) is 37.7 Å². The number of carbonyl (C=O) groups excluding carboxylic acids is 2. The minimum absolute atomic E-state index is 0.0116. The number of unbranched alkanes of at least 4 members (excludes halogenated alkanes) is 6. The smallest absolute Gasteiger partial charge is 0.253 e. The maximum absolute atomic E-state index is 12.8. The van der Waals surface area contributed by atoms with E-state index in [1.807, 2.05) is 6.07 Å². The summed E-state index contributed by atoms with van der Waals surface area (Å²) < 4.78 is 7.55. The summed E-state index contributed by atoms with van der Waals surface area (Å²) >= 11 is 1.69. The zero-order valence-corrected chi connectivity index (χ0v) is 23.3. The molecule has 202 valence electrons. The number of hydrogen-bond donors (Lipinski definition) is 1. The Morgan fingerprint density at radius 1 is 1.08 bits per heavy atom. The third-order valence-corrected chi connectivity index (χ3v) is 8.53. The number of aliphatic imine (C=N–C) groups is 1. The first-order chi connectivity index (χ1) is 18.0. The molecule has 1 spiro atoms. The molecule has 2 saturated heterocycles. The number of nitrogens with one attached hydrogen (secondary N) is 1. The summed E-state index contributed by atoms with van der Waals surface area (Å²) in [5, 5.41) is 5.20. The van der Waals surface area contributed by atoms with Crippen LogP contribution in [-0.4, -0.2) is 60.3 Å². The Labute approximate surface area is 226 Å². The topological polar surface area (TPSA) is 74.2 Å². The Morgan fingerprint density at radius 2 is 1.84 bits per heavy atom. The molecule has 1 aromatic carbocycles. The molecule has 0 aromatic heterocycles. The van der Waals surface area contributed by atoms with Gasteiger partial charge in [-0.05, 0) is 60.9 Å². The molecule has 0 saturated carbocycles. The number of amidine groups is 1. The van der Waals surface area contributed by atoms with E-state index in [0.717, 1.165) is 61.4 Å². The van der Waals surface area contributed by atoms with Gasteiger partial charge in [0.05, 0.1) is 6.61 Å². The molecule has 7 nitrogen and oxygen atoms in total. The van der Waals surface area contributed by atoms with Crippen molar-refractivity contribution in [3.63, 3.8) is 0 Å². The molecule has 2 fully saturated rings. The average molecular weight is 527 g/mol. The lowest BCUT2D eigenvalue weighted by Crippen LogP contribution is -2.47. The third kappa shape index (κ3) is 7.45. The number of anilines is 1. The van der Waals surface area contributed by atoms with Crippen molar-refractivity contribution in [2.45, 2.75) is 83.6 Å². The summed E-state index contributed by atoms with van der Waals surface area (Å²) in [5.41, 5.74) is 2.65. The number of hydrogen-bond acceptors (Lipinski definition) is 6. The van der Waals surface area contributed by atoms with Gasteiger partial charge in [0.15, 0.2) is 0 Å². The lowest BCUT2D eigenvalue weighted by molar-refractivity contribution is -0.126. The van der Waals surface area contributed by atoms with E-state index in [4.69, 9.17) is 9.73 Å². The van der Waals surface area contributed by atoms with Gasteiger partial charge in [-0.15, -0.1) is 0 Å². The van der Waals surface area contributed by atoms with Crippen LogP contribution in [0.5, 0.6) is 0 Å². The van der Waals surface area contributed by atoms with E-state index in [-0.39, 0.29) is 18.4 Å². The number of morpholine rings is 1. The van der Waals surface area contributed by atoms with Crippen LogP contribution in [-0.2, 0) is 14.3 Å². The van der Waals surface area contributed by atoms with Gasteiger partial charge in [-0.3, -0.25) is 14.6 Å². The minimum Gasteiger partial charge on any atom is -0.370 e. The summed E-state index contributed by atoms with van der Waals surface area (Å²) in [6.45, 7) is 7.33. The molecule has 2 amide bonds. The maximum atomic E-state index is 12.8. The molecular weight excluding hydrogens is 484 g/mol. The number of benzene rings is 1. The van der Waals surface area contributed by atoms with Gasteiger partial charge in [0.25, 0.3) is 11.8 Å². The number of carbonyl (C=O) groups is 2. The van der Waals surface area contributed by atoms with Crippen LogP contribution in [0.25, 0.3) is 6.08 Å². The third-order valence-electron chi connectivity index (χ3n) is 7.60. The second-order valence-corrected chi connectivity index (χ2v) is 11.4. The standard InChI is InChI=1S/C29H42N4O3S/c1-3-4-5-6-7-8-9-10-26-30-28(35)29(31-26)14-16-32(17-15-29)37-20-13-24-11-12-25(21-23(24)2)33-18-19-36-22-27(33)34/h11-13,20-21H,3-10,14-19,22H2,1-2H3,(H,30,31,35)/b20-13+. The van der Waals surface area contributed by atoms with E-state index in [9.17, 15) is 9.59 Å². The Hall–Kier alpha value is -2.16. The molecule has 4 rings (SSSR count). The monoisotopic (exact) mass is 526 g/mol. The first kappa shape index (κ1) is 27.9. The van der Waals surface area contributed by atoms with E-state index in [0.29, 0.717) is 13.2 Å². The van der Waals surface area contributed by atoms with Gasteiger partial charge in [0.1, 0.15) is 18.0 Å². The predicted octanol–water partition coefficient (Wildman–Crippen LogP) is 5.48. The molecule has 3 aliphatic rings. The molecule has 3 aliphatic heterocycles. The SMILES string of the molecule is CCCCCCCCCC1=NC2(CCN(S/C=C/c3ccc(N4CCOCC4=O)cc3C)CC2)C(=O)N1. The highest BCUT2D eigenvalue weighted by molar-refractivity contribution is 8.00. The first-order valence-corrected chi connectivity index (χ1v) is 14.8. The predicted molar refractivity (Wildman–Crippen MR) is 153 cm³/mol. The molecule has 1 N–H and O–H groups in total. The summed E-state index contributed by atoms with van der Waals surface area (Å²) in [4.78, 5) is 31.6. The van der Waals surface area contributed by atoms with Crippen molar-refractivity contribution in [3.8, 4) is 0 Å². The lowest BCUT2D eigenvalue weighted by Gasteiger charge is -2.34. The van der Waals surface area contributed by atoms with Gasteiger partial charge < -0.3 is 15.0 Å². The van der Waals surface area contributed by atoms with Gasteiger partial charge in [0, 0.05) is 31.7 Å². The van der Waals surface area contributed by atoms with E-state index in [1.165, 1.54) is 38.5 Å². The average Bonchev–Trinajstić information content (AvgIpc) is 3.20. The summed E-state index contributed by atoms with van der Waals surface area (Å²) in [7, 11) is 0. The van der Waals surface area contributed by atoms with Crippen LogP contribution in [0.3, 0.4) is 0 Å². The van der Waals surface area contributed by atoms with Crippen molar-refractivity contribution in [3.05, 3.63) is 34.7 Å². The summed E-state index contributed by atoms with van der Waals surface area (Å²) in [5.74, 6) is 1.01. The fourth-order valence-corrected chi connectivity index (χ4v) is 6.02. The molecule has 8 heteroatoms. The highest BCUT2D eigenvalue weighted by Crippen LogP contribution is 2.33. The zero-order valence-electron chi connectivity index (χ0n) is 22.5. The second-order valence-electron chi connectivity index (χ2n) is 10.4. The normalized spacial score (nSPS) is 20.2. The number of aryl methyl sites for hydroxylation is 1. The Kier molecular flexibility index (Phi) is 10.2. The number of piperidine rings is 1. The molecule has 1 aromatic rings. The van der Waals surface area contributed by atoms with E-state index in [1.54, 1.807) is 16.8 Å². The van der Waals surface area contributed by atoms with Crippen LogP contribution >= 0.6 is 11.9 Å². The number of rotatable bonds is 12. The molecule has 0 atom stereocenters. The number of nitrogens with zero attached hydrogens (tertiary/aromatic N) is 3. The van der Waals surface area contributed by atoms with Gasteiger partial charge in [-0.25, -0.2) is 4.31 Å². The quantitative estimate of drug-likeness (QED) is 0.288. The maximum Gasteiger partial charge on any atom is 0.253 e. The van der Waals surface area contributed by atoms with E-state index < -0.39 is 5.54 Å². The fraction of sp³-hybridized carbons (Fsp3) is 0.621. The Morgan fingerprint density at radius 3 is 2.57 bits per heavy atom. The second kappa shape index (κ2) is 13.6. The van der Waals surface area contributed by atoms with Crippen LogP contribution in [0.15, 0.2) is 28.6 Å². The Bertz CT molecular complexity index is 1000. The summed E-state index contributed by atoms with van der Waals surface area (Å²) in [6.07, 6.45) is 13.4. The molecular formula is C29H42N4O3S. The lowest BCUT2D eigenvalue weighted by atomic mass is 9.89. The highest BCUT2D eigenvalue weighted by atomic mass is 32.2. The number of amides is 2. The molecule has 3 heterocycles. The van der Waals surface area contributed by atoms with Crippen LogP contribution < -0.4 is 10.2 Å². The number of ether oxygens (including phenoxy) is 1. The van der Waals surface area contributed by atoms with Gasteiger partial charge in [-0.1, -0.05) is 63.5 Å². The fourth-order valence-electron chi connectivity index (χ4n) is 5.25. The largest absolute Gasteiger partial charge is 0.370 e. The minimum atomic E-state index is -0.555.